The topological polar surface area (TPSA) is 138 Å². The summed E-state index contributed by atoms with van der Waals surface area (Å²) in [4.78, 5) is 27.2. The normalized spacial score (nSPS) is 11.3. The van der Waals surface area contributed by atoms with Crippen LogP contribution in [0.15, 0.2) is 58.8 Å². The molecule has 172 valence electrons. The summed E-state index contributed by atoms with van der Waals surface area (Å²) in [5, 5.41) is 4.57. The van der Waals surface area contributed by atoms with Crippen LogP contribution in [0.5, 0.6) is 11.5 Å². The highest BCUT2D eigenvalue weighted by atomic mass is 32.2. The van der Waals surface area contributed by atoms with Gasteiger partial charge in [-0.3, -0.25) is 14.9 Å². The molecule has 0 aliphatic heterocycles. The fourth-order valence-electron chi connectivity index (χ4n) is 2.67. The number of rotatable bonds is 9. The predicted molar refractivity (Wildman–Crippen MR) is 125 cm³/mol. The molecule has 11 heteroatoms. The number of carbonyl (C=O) groups is 2. The molecule has 3 rings (SSSR count). The highest BCUT2D eigenvalue weighted by Crippen LogP contribution is 2.31. The number of ether oxygens (including phenoxy) is 1. The first-order valence-electron chi connectivity index (χ1n) is 9.57. The van der Waals surface area contributed by atoms with Gasteiger partial charge in [0, 0.05) is 11.5 Å². The van der Waals surface area contributed by atoms with Crippen molar-refractivity contribution >= 4 is 44.5 Å². The Morgan fingerprint density at radius 3 is 2.55 bits per heavy atom. The van der Waals surface area contributed by atoms with Crippen molar-refractivity contribution in [2.45, 2.75) is 18.2 Å². The third-order valence-electron chi connectivity index (χ3n) is 4.26. The second-order valence-electron chi connectivity index (χ2n) is 6.87. The number of nitrogens with zero attached hydrogens (tertiary/aromatic N) is 1. The minimum absolute atomic E-state index is 0.00391. The van der Waals surface area contributed by atoms with Crippen molar-refractivity contribution in [1.29, 1.82) is 0 Å². The predicted octanol–water partition coefficient (Wildman–Crippen LogP) is 2.91. The van der Waals surface area contributed by atoms with Gasteiger partial charge in [0.25, 0.3) is 0 Å². The molecule has 0 radical (unpaired) electrons. The summed E-state index contributed by atoms with van der Waals surface area (Å²) < 4.78 is 35.6. The quantitative estimate of drug-likeness (QED) is 0.350. The van der Waals surface area contributed by atoms with Gasteiger partial charge in [0.15, 0.2) is 16.6 Å². The number of hydrogen-bond donors (Lipinski definition) is 2. The molecule has 0 aliphatic carbocycles. The van der Waals surface area contributed by atoms with Crippen molar-refractivity contribution in [1.82, 2.24) is 4.98 Å². The molecule has 1 aromatic heterocycles. The van der Waals surface area contributed by atoms with Gasteiger partial charge in [0.1, 0.15) is 4.90 Å². The molecule has 0 unspecified atom stereocenters. The number of nitrogens with two attached hydrogens (primary N) is 1. The number of aromatic nitrogens is 1. The van der Waals surface area contributed by atoms with E-state index in [0.29, 0.717) is 16.4 Å². The maximum absolute atomic E-state index is 12.5. The fraction of sp³-hybridized carbons (Fsp3) is 0.136. The van der Waals surface area contributed by atoms with Crippen LogP contribution in [-0.2, 0) is 26.1 Å². The third kappa shape index (κ3) is 6.64. The SMILES string of the molecule is COc1cc(/C=C/C(=O)Nc2nc(CC(N)=O)cs2)ccc1OS(=O)(=O)c1ccc(C)cc1. The first-order valence-corrected chi connectivity index (χ1v) is 11.9. The number of amides is 2. The lowest BCUT2D eigenvalue weighted by Gasteiger charge is -2.11. The van der Waals surface area contributed by atoms with Gasteiger partial charge in [0.05, 0.1) is 19.2 Å². The monoisotopic (exact) mass is 487 g/mol. The Balaban J connectivity index is 1.69. The van der Waals surface area contributed by atoms with Crippen molar-refractivity contribution in [3.63, 3.8) is 0 Å². The first-order chi connectivity index (χ1) is 15.7. The minimum Gasteiger partial charge on any atom is -0.493 e. The molecule has 0 atom stereocenters. The number of carbonyl (C=O) groups excluding carboxylic acids is 2. The Kier molecular flexibility index (Phi) is 7.46. The maximum Gasteiger partial charge on any atom is 0.339 e. The van der Waals surface area contributed by atoms with Crippen LogP contribution in [0.3, 0.4) is 0 Å². The Morgan fingerprint density at radius 2 is 1.88 bits per heavy atom. The standard InChI is InChI=1S/C22H21N3O6S2/c1-14-3-7-17(8-4-14)33(28,29)31-18-9-5-15(11-19(18)30-2)6-10-21(27)25-22-24-16(13-32-22)12-20(23)26/h3-11,13H,12H2,1-2H3,(H2,23,26)(H,24,25,27)/b10-6+. The van der Waals surface area contributed by atoms with Crippen LogP contribution in [0.1, 0.15) is 16.8 Å². The summed E-state index contributed by atoms with van der Waals surface area (Å²) in [6.07, 6.45) is 2.80. The zero-order chi connectivity index (χ0) is 24.0. The number of primary amides is 1. The van der Waals surface area contributed by atoms with E-state index in [1.807, 2.05) is 6.92 Å². The van der Waals surface area contributed by atoms with Crippen LogP contribution in [-0.4, -0.2) is 32.3 Å². The maximum atomic E-state index is 12.5. The Labute approximate surface area is 195 Å². The molecule has 33 heavy (non-hydrogen) atoms. The lowest BCUT2D eigenvalue weighted by atomic mass is 10.2. The lowest BCUT2D eigenvalue weighted by molar-refractivity contribution is -0.117. The Morgan fingerprint density at radius 1 is 1.15 bits per heavy atom. The van der Waals surface area contributed by atoms with E-state index in [1.165, 1.54) is 54.9 Å². The molecule has 0 bridgehead atoms. The van der Waals surface area contributed by atoms with Gasteiger partial charge >= 0.3 is 10.1 Å². The molecule has 0 saturated carbocycles. The molecule has 2 aromatic carbocycles. The average Bonchev–Trinajstić information content (AvgIpc) is 3.18. The molecular formula is C22H21N3O6S2. The number of methoxy groups -OCH3 is 1. The second kappa shape index (κ2) is 10.3. The van der Waals surface area contributed by atoms with E-state index < -0.39 is 21.9 Å². The summed E-state index contributed by atoms with van der Waals surface area (Å²) in [6, 6.07) is 10.9. The van der Waals surface area contributed by atoms with Gasteiger partial charge in [0.2, 0.25) is 11.8 Å². The number of thiazole rings is 1. The second-order valence-corrected chi connectivity index (χ2v) is 9.27. The number of benzene rings is 2. The van der Waals surface area contributed by atoms with E-state index in [0.717, 1.165) is 5.56 Å². The zero-order valence-electron chi connectivity index (χ0n) is 17.8. The van der Waals surface area contributed by atoms with Gasteiger partial charge in [-0.1, -0.05) is 23.8 Å². The number of hydrogen-bond acceptors (Lipinski definition) is 8. The molecule has 1 heterocycles. The van der Waals surface area contributed by atoms with Gasteiger partial charge in [-0.15, -0.1) is 11.3 Å². The third-order valence-corrected chi connectivity index (χ3v) is 6.32. The first kappa shape index (κ1) is 24.0. The Bertz CT molecular complexity index is 1300. The van der Waals surface area contributed by atoms with E-state index in [-0.39, 0.29) is 22.8 Å². The van der Waals surface area contributed by atoms with Gasteiger partial charge in [-0.2, -0.15) is 8.42 Å². The van der Waals surface area contributed by atoms with Crippen LogP contribution in [0.2, 0.25) is 0 Å². The van der Waals surface area contributed by atoms with Crippen molar-refractivity contribution < 1.29 is 26.9 Å². The Hall–Kier alpha value is -3.70. The van der Waals surface area contributed by atoms with E-state index in [9.17, 15) is 18.0 Å². The molecular weight excluding hydrogens is 466 g/mol. The van der Waals surface area contributed by atoms with Crippen LogP contribution in [0, 0.1) is 6.92 Å². The summed E-state index contributed by atoms with van der Waals surface area (Å²) in [5.41, 5.74) is 7.11. The number of aryl methyl sites for hydroxylation is 1. The lowest BCUT2D eigenvalue weighted by Crippen LogP contribution is -2.14. The van der Waals surface area contributed by atoms with Gasteiger partial charge in [-0.25, -0.2) is 4.98 Å². The van der Waals surface area contributed by atoms with E-state index >= 15 is 0 Å². The summed E-state index contributed by atoms with van der Waals surface area (Å²) >= 11 is 1.18. The van der Waals surface area contributed by atoms with Crippen LogP contribution < -0.4 is 20.0 Å². The van der Waals surface area contributed by atoms with Gasteiger partial charge < -0.3 is 14.7 Å². The van der Waals surface area contributed by atoms with Crippen molar-refractivity contribution in [3.8, 4) is 11.5 Å². The highest BCUT2D eigenvalue weighted by Gasteiger charge is 2.19. The molecule has 0 fully saturated rings. The highest BCUT2D eigenvalue weighted by molar-refractivity contribution is 7.87. The largest absolute Gasteiger partial charge is 0.493 e. The molecule has 0 saturated heterocycles. The minimum atomic E-state index is -4.04. The van der Waals surface area contributed by atoms with Gasteiger partial charge in [-0.05, 0) is 42.8 Å². The zero-order valence-corrected chi connectivity index (χ0v) is 19.4. The number of anilines is 1. The van der Waals surface area contributed by atoms with Crippen LogP contribution in [0.25, 0.3) is 6.08 Å². The van der Waals surface area contributed by atoms with Crippen molar-refractivity contribution in [2.24, 2.45) is 5.73 Å². The smallest absolute Gasteiger partial charge is 0.339 e. The summed E-state index contributed by atoms with van der Waals surface area (Å²) in [6.45, 7) is 1.85. The van der Waals surface area contributed by atoms with Crippen LogP contribution in [0.4, 0.5) is 5.13 Å². The van der Waals surface area contributed by atoms with E-state index in [2.05, 4.69) is 10.3 Å². The van der Waals surface area contributed by atoms with Crippen LogP contribution >= 0.6 is 11.3 Å². The summed E-state index contributed by atoms with van der Waals surface area (Å²) in [7, 11) is -2.66. The molecule has 3 aromatic rings. The molecule has 0 spiro atoms. The molecule has 3 N–H and O–H groups in total. The fourth-order valence-corrected chi connectivity index (χ4v) is 4.32. The average molecular weight is 488 g/mol. The molecule has 9 nitrogen and oxygen atoms in total. The molecule has 0 aliphatic rings. The molecule has 2 amide bonds. The number of nitrogens with one attached hydrogen (secondary N) is 1. The van der Waals surface area contributed by atoms with Crippen molar-refractivity contribution in [3.05, 3.63) is 70.7 Å². The van der Waals surface area contributed by atoms with E-state index in [4.69, 9.17) is 14.7 Å². The van der Waals surface area contributed by atoms with Crippen molar-refractivity contribution in [2.75, 3.05) is 12.4 Å². The van der Waals surface area contributed by atoms with E-state index in [1.54, 1.807) is 23.6 Å². The summed E-state index contributed by atoms with van der Waals surface area (Å²) in [5.74, 6) is -0.740.